The van der Waals surface area contributed by atoms with E-state index in [1.54, 1.807) is 11.3 Å². The topological polar surface area (TPSA) is 37.3 Å². The van der Waals surface area contributed by atoms with Crippen molar-refractivity contribution in [3.8, 4) is 11.3 Å². The molecule has 23 heavy (non-hydrogen) atoms. The summed E-state index contributed by atoms with van der Waals surface area (Å²) in [5.41, 5.74) is 7.14. The summed E-state index contributed by atoms with van der Waals surface area (Å²) in [4.78, 5) is 4.55. The number of thiazole rings is 1. The molecule has 2 aromatic carbocycles. The molecule has 0 amide bonds. The summed E-state index contributed by atoms with van der Waals surface area (Å²) in [6.45, 7) is 1.96. The third kappa shape index (κ3) is 4.37. The van der Waals surface area contributed by atoms with Gasteiger partial charge in [-0.3, -0.25) is 5.43 Å². The van der Waals surface area contributed by atoms with E-state index in [0.717, 1.165) is 27.7 Å². The van der Waals surface area contributed by atoms with E-state index in [4.69, 9.17) is 0 Å². The van der Waals surface area contributed by atoms with Gasteiger partial charge in [0.2, 0.25) is 5.13 Å². The lowest BCUT2D eigenvalue weighted by Crippen LogP contribution is -1.93. The highest BCUT2D eigenvalue weighted by molar-refractivity contribution is 7.14. The summed E-state index contributed by atoms with van der Waals surface area (Å²) < 4.78 is 0. The number of hydrogen-bond donors (Lipinski definition) is 1. The van der Waals surface area contributed by atoms with E-state index >= 15 is 0 Å². The highest BCUT2D eigenvalue weighted by Crippen LogP contribution is 2.24. The third-order valence-corrected chi connectivity index (χ3v) is 3.97. The van der Waals surface area contributed by atoms with Crippen LogP contribution in [-0.4, -0.2) is 10.7 Å². The molecule has 0 fully saturated rings. The zero-order valence-corrected chi connectivity index (χ0v) is 13.6. The van der Waals surface area contributed by atoms with Crippen molar-refractivity contribution >= 4 is 28.3 Å². The van der Waals surface area contributed by atoms with E-state index in [1.807, 2.05) is 60.9 Å². The Hall–Kier alpha value is -2.72. The number of allylic oxidation sites excluding steroid dienone is 1. The molecular formula is C19H17N3S. The van der Waals surface area contributed by atoms with Gasteiger partial charge in [-0.1, -0.05) is 66.7 Å². The molecule has 3 rings (SSSR count). The molecule has 3 nitrogen and oxygen atoms in total. The third-order valence-electron chi connectivity index (χ3n) is 3.22. The predicted octanol–water partition coefficient (Wildman–Crippen LogP) is 5.31. The molecular weight excluding hydrogens is 302 g/mol. The van der Waals surface area contributed by atoms with Gasteiger partial charge < -0.3 is 0 Å². The van der Waals surface area contributed by atoms with Crippen LogP contribution in [-0.2, 0) is 0 Å². The molecule has 0 atom stereocenters. The van der Waals surface area contributed by atoms with Crippen molar-refractivity contribution in [1.82, 2.24) is 4.98 Å². The van der Waals surface area contributed by atoms with E-state index in [1.165, 1.54) is 0 Å². The Morgan fingerprint density at radius 2 is 1.74 bits per heavy atom. The fourth-order valence-electron chi connectivity index (χ4n) is 2.02. The summed E-state index contributed by atoms with van der Waals surface area (Å²) in [5, 5.41) is 7.16. The van der Waals surface area contributed by atoms with Crippen LogP contribution in [0, 0.1) is 0 Å². The largest absolute Gasteiger partial charge is 0.252 e. The van der Waals surface area contributed by atoms with Crippen LogP contribution in [0.2, 0.25) is 0 Å². The first kappa shape index (κ1) is 15.2. The van der Waals surface area contributed by atoms with E-state index in [2.05, 4.69) is 39.8 Å². The van der Waals surface area contributed by atoms with Crippen LogP contribution in [0.15, 0.2) is 77.2 Å². The fourth-order valence-corrected chi connectivity index (χ4v) is 2.68. The molecule has 0 unspecified atom stereocenters. The molecule has 0 bridgehead atoms. The first-order valence-electron chi connectivity index (χ1n) is 7.35. The maximum absolute atomic E-state index is 4.55. The number of anilines is 1. The van der Waals surface area contributed by atoms with Crippen LogP contribution in [0.1, 0.15) is 12.5 Å². The minimum atomic E-state index is 0.788. The lowest BCUT2D eigenvalue weighted by atomic mass is 10.2. The van der Waals surface area contributed by atoms with Crippen molar-refractivity contribution in [3.05, 3.63) is 77.7 Å². The van der Waals surface area contributed by atoms with Gasteiger partial charge in [-0.2, -0.15) is 5.10 Å². The average molecular weight is 319 g/mol. The number of hydrazone groups is 1. The Morgan fingerprint density at radius 3 is 2.48 bits per heavy atom. The quantitative estimate of drug-likeness (QED) is 0.511. The number of hydrogen-bond acceptors (Lipinski definition) is 4. The molecule has 0 aliphatic rings. The van der Waals surface area contributed by atoms with Crippen molar-refractivity contribution in [1.29, 1.82) is 0 Å². The molecule has 0 spiro atoms. The monoisotopic (exact) mass is 319 g/mol. The minimum Gasteiger partial charge on any atom is -0.252 e. The fraction of sp³-hybridized carbons (Fsp3) is 0.0526. The second-order valence-electron chi connectivity index (χ2n) is 5.01. The molecule has 4 heteroatoms. The number of benzene rings is 2. The van der Waals surface area contributed by atoms with Gasteiger partial charge in [0.1, 0.15) is 0 Å². The standard InChI is InChI=1S/C19H17N3S/c1-15(12-13-16-8-4-2-5-9-16)21-22-19-20-18(14-23-19)17-10-6-3-7-11-17/h2-14H,1H3,(H,20,22)/b13-12+,21-15?. The lowest BCUT2D eigenvalue weighted by Gasteiger charge is -1.97. The van der Waals surface area contributed by atoms with E-state index in [-0.39, 0.29) is 0 Å². The maximum atomic E-state index is 4.55. The first-order valence-corrected chi connectivity index (χ1v) is 8.23. The van der Waals surface area contributed by atoms with Gasteiger partial charge in [0.15, 0.2) is 0 Å². The summed E-state index contributed by atoms with van der Waals surface area (Å²) in [6, 6.07) is 20.3. The second kappa shape index (κ2) is 7.51. The summed E-state index contributed by atoms with van der Waals surface area (Å²) >= 11 is 1.55. The molecule has 114 valence electrons. The minimum absolute atomic E-state index is 0.788. The summed E-state index contributed by atoms with van der Waals surface area (Å²) in [7, 11) is 0. The van der Waals surface area contributed by atoms with Crippen LogP contribution in [0.4, 0.5) is 5.13 Å². The highest BCUT2D eigenvalue weighted by Gasteiger charge is 2.02. The molecule has 0 saturated heterocycles. The Labute approximate surface area is 140 Å². The van der Waals surface area contributed by atoms with Crippen molar-refractivity contribution < 1.29 is 0 Å². The molecule has 1 aromatic heterocycles. The Morgan fingerprint density at radius 1 is 1.04 bits per heavy atom. The van der Waals surface area contributed by atoms with Gasteiger partial charge in [0.05, 0.1) is 11.4 Å². The predicted molar refractivity (Wildman–Crippen MR) is 99.8 cm³/mol. The van der Waals surface area contributed by atoms with Gasteiger partial charge in [0.25, 0.3) is 0 Å². The average Bonchev–Trinajstić information content (AvgIpc) is 3.09. The van der Waals surface area contributed by atoms with E-state index < -0.39 is 0 Å². The van der Waals surface area contributed by atoms with Gasteiger partial charge >= 0.3 is 0 Å². The lowest BCUT2D eigenvalue weighted by molar-refractivity contribution is 1.28. The van der Waals surface area contributed by atoms with Crippen molar-refractivity contribution in [2.24, 2.45) is 5.10 Å². The van der Waals surface area contributed by atoms with Crippen molar-refractivity contribution in [2.45, 2.75) is 6.92 Å². The Kier molecular flexibility index (Phi) is 4.96. The van der Waals surface area contributed by atoms with Crippen LogP contribution in [0.3, 0.4) is 0 Å². The number of rotatable bonds is 5. The zero-order chi connectivity index (χ0) is 15.9. The number of nitrogens with zero attached hydrogens (tertiary/aromatic N) is 2. The Balaban J connectivity index is 1.64. The maximum Gasteiger partial charge on any atom is 0.203 e. The van der Waals surface area contributed by atoms with Crippen molar-refractivity contribution in [2.75, 3.05) is 5.43 Å². The number of nitrogens with one attached hydrogen (secondary N) is 1. The van der Waals surface area contributed by atoms with Gasteiger partial charge in [-0.25, -0.2) is 4.98 Å². The zero-order valence-electron chi connectivity index (χ0n) is 12.8. The normalized spacial score (nSPS) is 11.8. The van der Waals surface area contributed by atoms with Crippen LogP contribution in [0.25, 0.3) is 17.3 Å². The summed E-state index contributed by atoms with van der Waals surface area (Å²) in [6.07, 6.45) is 4.02. The Bertz CT molecular complexity index is 805. The van der Waals surface area contributed by atoms with Crippen LogP contribution < -0.4 is 5.43 Å². The molecule has 1 heterocycles. The van der Waals surface area contributed by atoms with Crippen molar-refractivity contribution in [3.63, 3.8) is 0 Å². The highest BCUT2D eigenvalue weighted by atomic mass is 32.1. The molecule has 1 N–H and O–H groups in total. The van der Waals surface area contributed by atoms with Crippen LogP contribution in [0.5, 0.6) is 0 Å². The van der Waals surface area contributed by atoms with Crippen LogP contribution >= 0.6 is 11.3 Å². The molecule has 0 aliphatic carbocycles. The van der Waals surface area contributed by atoms with Gasteiger partial charge in [-0.15, -0.1) is 11.3 Å². The van der Waals surface area contributed by atoms with E-state index in [9.17, 15) is 0 Å². The first-order chi connectivity index (χ1) is 11.3. The molecule has 0 radical (unpaired) electrons. The summed E-state index contributed by atoms with van der Waals surface area (Å²) in [5.74, 6) is 0. The SMILES string of the molecule is CC(/C=C/c1ccccc1)=NNc1nc(-c2ccccc2)cs1. The van der Waals surface area contributed by atoms with Gasteiger partial charge in [-0.05, 0) is 18.6 Å². The smallest absolute Gasteiger partial charge is 0.203 e. The van der Waals surface area contributed by atoms with Gasteiger partial charge in [0, 0.05) is 10.9 Å². The molecule has 3 aromatic rings. The van der Waals surface area contributed by atoms with E-state index in [0.29, 0.717) is 0 Å². The molecule has 0 aliphatic heterocycles. The molecule has 0 saturated carbocycles. The number of aromatic nitrogens is 1. The second-order valence-corrected chi connectivity index (χ2v) is 5.87.